The Kier molecular flexibility index (Phi) is 3.87. The highest BCUT2D eigenvalue weighted by molar-refractivity contribution is 9.10. The van der Waals surface area contributed by atoms with Gasteiger partial charge in [-0.1, -0.05) is 50.7 Å². The summed E-state index contributed by atoms with van der Waals surface area (Å²) in [6.07, 6.45) is 0. The molecule has 1 aromatic heterocycles. The van der Waals surface area contributed by atoms with Crippen molar-refractivity contribution in [2.24, 2.45) is 0 Å². The van der Waals surface area contributed by atoms with Crippen molar-refractivity contribution in [3.05, 3.63) is 56.1 Å². The van der Waals surface area contributed by atoms with Crippen LogP contribution in [0.3, 0.4) is 0 Å². The minimum Gasteiger partial charge on any atom is -0.228 e. The Labute approximate surface area is 138 Å². The summed E-state index contributed by atoms with van der Waals surface area (Å²) in [5, 5.41) is 2.23. The molecule has 0 atom stereocenters. The Balaban J connectivity index is 2.27. The molecule has 0 amide bonds. The van der Waals surface area contributed by atoms with Gasteiger partial charge in [-0.3, -0.25) is 0 Å². The molecule has 3 rings (SSSR count). The van der Waals surface area contributed by atoms with Crippen molar-refractivity contribution < 1.29 is 0 Å². The number of aromatic nitrogens is 2. The van der Waals surface area contributed by atoms with Crippen molar-refractivity contribution in [2.75, 3.05) is 0 Å². The van der Waals surface area contributed by atoms with E-state index in [0.29, 0.717) is 26.4 Å². The summed E-state index contributed by atoms with van der Waals surface area (Å²) in [5.74, 6) is 0.483. The van der Waals surface area contributed by atoms with Crippen molar-refractivity contribution in [2.45, 2.75) is 0 Å². The Morgan fingerprint density at radius 1 is 0.900 bits per heavy atom. The number of hydrogen-bond acceptors (Lipinski definition) is 2. The van der Waals surface area contributed by atoms with Crippen LogP contribution in [0.2, 0.25) is 15.2 Å². The predicted octanol–water partition coefficient (Wildman–Crippen LogP) is 6.02. The van der Waals surface area contributed by atoms with E-state index in [1.165, 1.54) is 0 Å². The summed E-state index contributed by atoms with van der Waals surface area (Å²) in [7, 11) is 0. The molecule has 0 aliphatic rings. The quantitative estimate of drug-likeness (QED) is 0.477. The van der Waals surface area contributed by atoms with Crippen molar-refractivity contribution in [1.82, 2.24) is 9.97 Å². The topological polar surface area (TPSA) is 25.8 Å². The van der Waals surface area contributed by atoms with Crippen LogP contribution in [0.15, 0.2) is 40.9 Å². The SMILES string of the molecule is Clc1ccc2nc(-c3cc(Br)ccc3Cl)nc(Cl)c2c1. The van der Waals surface area contributed by atoms with Gasteiger partial charge in [0.15, 0.2) is 5.82 Å². The van der Waals surface area contributed by atoms with E-state index < -0.39 is 0 Å². The van der Waals surface area contributed by atoms with Crippen molar-refractivity contribution in [3.8, 4) is 11.4 Å². The highest BCUT2D eigenvalue weighted by Gasteiger charge is 2.11. The fourth-order valence-corrected chi connectivity index (χ4v) is 2.82. The number of benzene rings is 2. The molecule has 0 spiro atoms. The van der Waals surface area contributed by atoms with E-state index in [1.54, 1.807) is 24.3 Å². The number of rotatable bonds is 1. The van der Waals surface area contributed by atoms with Gasteiger partial charge in [0.1, 0.15) is 5.15 Å². The molecule has 0 aliphatic heterocycles. The van der Waals surface area contributed by atoms with Crippen LogP contribution in [0.1, 0.15) is 0 Å². The van der Waals surface area contributed by atoms with Crippen LogP contribution in [0.4, 0.5) is 0 Å². The summed E-state index contributed by atoms with van der Waals surface area (Å²) in [5.41, 5.74) is 1.44. The van der Waals surface area contributed by atoms with Gasteiger partial charge in [-0.25, -0.2) is 9.97 Å². The van der Waals surface area contributed by atoms with Gasteiger partial charge in [0.25, 0.3) is 0 Å². The highest BCUT2D eigenvalue weighted by atomic mass is 79.9. The summed E-state index contributed by atoms with van der Waals surface area (Å²) in [6.45, 7) is 0. The van der Waals surface area contributed by atoms with Gasteiger partial charge in [-0.2, -0.15) is 0 Å². The molecular weight excluding hydrogens is 382 g/mol. The summed E-state index contributed by atoms with van der Waals surface area (Å²) in [4.78, 5) is 8.79. The van der Waals surface area contributed by atoms with Gasteiger partial charge >= 0.3 is 0 Å². The molecule has 0 fully saturated rings. The number of fused-ring (bicyclic) bond motifs is 1. The maximum Gasteiger partial charge on any atom is 0.163 e. The van der Waals surface area contributed by atoms with E-state index >= 15 is 0 Å². The van der Waals surface area contributed by atoms with Gasteiger partial charge in [-0.15, -0.1) is 0 Å². The predicted molar refractivity (Wildman–Crippen MR) is 87.7 cm³/mol. The van der Waals surface area contributed by atoms with Gasteiger partial charge < -0.3 is 0 Å². The largest absolute Gasteiger partial charge is 0.228 e. The van der Waals surface area contributed by atoms with E-state index in [1.807, 2.05) is 12.1 Å². The standard InChI is InChI=1S/C14H6BrCl3N2/c15-7-1-3-11(17)9(5-7)14-19-12-4-2-8(16)6-10(12)13(18)20-14/h1-6H. The van der Waals surface area contributed by atoms with Crippen molar-refractivity contribution >= 4 is 61.6 Å². The molecule has 3 aromatic rings. The van der Waals surface area contributed by atoms with Crippen LogP contribution < -0.4 is 0 Å². The molecule has 2 nitrogen and oxygen atoms in total. The molecule has 2 aromatic carbocycles. The fourth-order valence-electron chi connectivity index (χ4n) is 1.85. The first kappa shape index (κ1) is 14.1. The zero-order chi connectivity index (χ0) is 14.3. The van der Waals surface area contributed by atoms with Gasteiger partial charge in [0.2, 0.25) is 0 Å². The second kappa shape index (κ2) is 5.49. The zero-order valence-electron chi connectivity index (χ0n) is 9.87. The van der Waals surface area contributed by atoms with Gasteiger partial charge in [-0.05, 0) is 36.4 Å². The fraction of sp³-hybridized carbons (Fsp3) is 0. The third kappa shape index (κ3) is 2.63. The molecule has 0 N–H and O–H groups in total. The average molecular weight is 388 g/mol. The van der Waals surface area contributed by atoms with E-state index in [2.05, 4.69) is 25.9 Å². The van der Waals surface area contributed by atoms with Crippen LogP contribution in [0.25, 0.3) is 22.3 Å². The maximum atomic E-state index is 6.21. The monoisotopic (exact) mass is 386 g/mol. The molecule has 1 heterocycles. The maximum absolute atomic E-state index is 6.21. The smallest absolute Gasteiger partial charge is 0.163 e. The molecule has 100 valence electrons. The van der Waals surface area contributed by atoms with E-state index in [9.17, 15) is 0 Å². The van der Waals surface area contributed by atoms with Gasteiger partial charge in [0, 0.05) is 20.4 Å². The van der Waals surface area contributed by atoms with E-state index in [-0.39, 0.29) is 0 Å². The van der Waals surface area contributed by atoms with Crippen LogP contribution in [-0.2, 0) is 0 Å². The van der Waals surface area contributed by atoms with Gasteiger partial charge in [0.05, 0.1) is 10.5 Å². The molecule has 0 bridgehead atoms. The highest BCUT2D eigenvalue weighted by Crippen LogP contribution is 2.32. The molecule has 0 saturated carbocycles. The van der Waals surface area contributed by atoms with E-state index in [4.69, 9.17) is 34.8 Å². The van der Waals surface area contributed by atoms with Crippen LogP contribution >= 0.6 is 50.7 Å². The lowest BCUT2D eigenvalue weighted by Crippen LogP contribution is -1.92. The Morgan fingerprint density at radius 2 is 1.70 bits per heavy atom. The molecule has 0 saturated heterocycles. The average Bonchev–Trinajstić information content (AvgIpc) is 2.42. The molecular formula is C14H6BrCl3N2. The number of halogens is 4. The second-order valence-corrected chi connectivity index (χ2v) is 6.24. The van der Waals surface area contributed by atoms with Crippen molar-refractivity contribution in [3.63, 3.8) is 0 Å². The minimum atomic E-state index is 0.351. The van der Waals surface area contributed by atoms with Crippen LogP contribution in [0.5, 0.6) is 0 Å². The Bertz CT molecular complexity index is 821. The second-order valence-electron chi connectivity index (χ2n) is 4.12. The first-order valence-corrected chi connectivity index (χ1v) is 7.55. The summed E-state index contributed by atoms with van der Waals surface area (Å²) >= 11 is 21.8. The zero-order valence-corrected chi connectivity index (χ0v) is 13.7. The summed E-state index contributed by atoms with van der Waals surface area (Å²) < 4.78 is 0.896. The third-order valence-electron chi connectivity index (χ3n) is 2.78. The van der Waals surface area contributed by atoms with Crippen LogP contribution in [-0.4, -0.2) is 9.97 Å². The molecule has 20 heavy (non-hydrogen) atoms. The summed E-state index contributed by atoms with van der Waals surface area (Å²) in [6, 6.07) is 10.8. The van der Waals surface area contributed by atoms with E-state index in [0.717, 1.165) is 15.6 Å². The first-order valence-electron chi connectivity index (χ1n) is 5.63. The van der Waals surface area contributed by atoms with Crippen LogP contribution in [0, 0.1) is 0 Å². The molecule has 0 aliphatic carbocycles. The Hall–Kier alpha value is -0.870. The number of nitrogens with zero attached hydrogens (tertiary/aromatic N) is 2. The normalized spacial score (nSPS) is 11.0. The molecule has 0 radical (unpaired) electrons. The first-order chi connectivity index (χ1) is 9.54. The molecule has 0 unspecified atom stereocenters. The third-order valence-corrected chi connectivity index (χ3v) is 4.13. The minimum absolute atomic E-state index is 0.351. The lowest BCUT2D eigenvalue weighted by Gasteiger charge is -2.07. The van der Waals surface area contributed by atoms with Crippen molar-refractivity contribution in [1.29, 1.82) is 0 Å². The lowest BCUT2D eigenvalue weighted by molar-refractivity contribution is 1.23. The Morgan fingerprint density at radius 3 is 2.50 bits per heavy atom. The number of hydrogen-bond donors (Lipinski definition) is 0. The molecule has 6 heteroatoms. The lowest BCUT2D eigenvalue weighted by atomic mass is 10.2.